The SMILES string of the molecule is COc1ccc(C2c3c(oc4ccc(Cl)cc4c3=O)C(=O)N2Cc2ccc(F)cc2)cc1. The van der Waals surface area contributed by atoms with Crippen LogP contribution < -0.4 is 10.2 Å². The maximum absolute atomic E-state index is 13.5. The number of nitrogens with zero attached hydrogens (tertiary/aromatic N) is 1. The third-order valence-corrected chi connectivity index (χ3v) is 5.86. The second-order valence-corrected chi connectivity index (χ2v) is 7.99. The highest BCUT2D eigenvalue weighted by molar-refractivity contribution is 6.31. The predicted molar refractivity (Wildman–Crippen MR) is 119 cm³/mol. The molecule has 7 heteroatoms. The molecular weight excluding hydrogens is 433 g/mol. The summed E-state index contributed by atoms with van der Waals surface area (Å²) in [5, 5.41) is 0.712. The van der Waals surface area contributed by atoms with Gasteiger partial charge in [0, 0.05) is 11.6 Å². The van der Waals surface area contributed by atoms with E-state index in [4.69, 9.17) is 20.8 Å². The molecule has 0 saturated carbocycles. The largest absolute Gasteiger partial charge is 0.497 e. The lowest BCUT2D eigenvalue weighted by Gasteiger charge is -2.25. The van der Waals surface area contributed by atoms with Gasteiger partial charge in [-0.15, -0.1) is 0 Å². The molecule has 5 rings (SSSR count). The molecule has 1 aromatic heterocycles. The van der Waals surface area contributed by atoms with E-state index < -0.39 is 11.9 Å². The van der Waals surface area contributed by atoms with Gasteiger partial charge in [-0.05, 0) is 53.6 Å². The van der Waals surface area contributed by atoms with E-state index >= 15 is 0 Å². The number of hydrogen-bond acceptors (Lipinski definition) is 4. The van der Waals surface area contributed by atoms with Crippen molar-refractivity contribution in [3.8, 4) is 5.75 Å². The first-order chi connectivity index (χ1) is 15.5. The van der Waals surface area contributed by atoms with Gasteiger partial charge in [-0.1, -0.05) is 35.9 Å². The van der Waals surface area contributed by atoms with Crippen molar-refractivity contribution in [2.24, 2.45) is 0 Å². The lowest BCUT2D eigenvalue weighted by Crippen LogP contribution is -2.29. The van der Waals surface area contributed by atoms with Crippen LogP contribution in [-0.2, 0) is 6.54 Å². The minimum atomic E-state index is -0.673. The zero-order chi connectivity index (χ0) is 22.4. The lowest BCUT2D eigenvalue weighted by atomic mass is 9.98. The molecular formula is C25H17ClFNO4. The van der Waals surface area contributed by atoms with Crippen LogP contribution >= 0.6 is 11.6 Å². The molecule has 1 amide bonds. The standard InChI is InChI=1S/C25H17ClFNO4/c1-31-18-9-4-15(5-10-18)22-21-23(29)19-12-16(26)6-11-20(19)32-24(21)25(30)28(22)13-14-2-7-17(27)8-3-14/h2-12,22H,13H2,1H3. The van der Waals surface area contributed by atoms with Crippen molar-refractivity contribution < 1.29 is 18.3 Å². The Labute approximate surface area is 187 Å². The predicted octanol–water partition coefficient (Wildman–Crippen LogP) is 5.34. The summed E-state index contributed by atoms with van der Waals surface area (Å²) in [7, 11) is 1.56. The highest BCUT2D eigenvalue weighted by Gasteiger charge is 2.42. The summed E-state index contributed by atoms with van der Waals surface area (Å²) >= 11 is 6.10. The van der Waals surface area contributed by atoms with E-state index in [1.165, 1.54) is 12.1 Å². The molecule has 2 heterocycles. The first kappa shape index (κ1) is 20.3. The molecule has 0 saturated heterocycles. The third kappa shape index (κ3) is 3.33. The first-order valence-electron chi connectivity index (χ1n) is 9.92. The number of benzene rings is 3. The van der Waals surface area contributed by atoms with Crippen LogP contribution in [0.25, 0.3) is 11.0 Å². The van der Waals surface area contributed by atoms with E-state index in [1.54, 1.807) is 54.5 Å². The van der Waals surface area contributed by atoms with Crippen molar-refractivity contribution in [2.75, 3.05) is 7.11 Å². The molecule has 1 aliphatic rings. The molecule has 0 radical (unpaired) electrons. The monoisotopic (exact) mass is 449 g/mol. The number of amides is 1. The summed E-state index contributed by atoms with van der Waals surface area (Å²) in [6.07, 6.45) is 0. The van der Waals surface area contributed by atoms with Gasteiger partial charge in [-0.3, -0.25) is 9.59 Å². The summed E-state index contributed by atoms with van der Waals surface area (Å²) in [4.78, 5) is 28.5. The van der Waals surface area contributed by atoms with E-state index in [9.17, 15) is 14.0 Å². The van der Waals surface area contributed by atoms with Crippen molar-refractivity contribution >= 4 is 28.5 Å². The Hall–Kier alpha value is -3.64. The number of hydrogen-bond donors (Lipinski definition) is 0. The van der Waals surface area contributed by atoms with E-state index in [0.717, 1.165) is 11.1 Å². The first-order valence-corrected chi connectivity index (χ1v) is 10.3. The van der Waals surface area contributed by atoms with Gasteiger partial charge in [0.15, 0.2) is 5.43 Å². The highest BCUT2D eigenvalue weighted by Crippen LogP contribution is 2.39. The fourth-order valence-corrected chi connectivity index (χ4v) is 4.25. The third-order valence-electron chi connectivity index (χ3n) is 5.63. The van der Waals surface area contributed by atoms with Gasteiger partial charge >= 0.3 is 0 Å². The molecule has 5 nitrogen and oxygen atoms in total. The van der Waals surface area contributed by atoms with Crippen LogP contribution in [0.3, 0.4) is 0 Å². The molecule has 1 aliphatic heterocycles. The zero-order valence-corrected chi connectivity index (χ0v) is 17.7. The number of rotatable bonds is 4. The van der Waals surface area contributed by atoms with Crippen LogP contribution in [0.2, 0.25) is 5.02 Å². The Morgan fingerprint density at radius 2 is 1.75 bits per heavy atom. The summed E-state index contributed by atoms with van der Waals surface area (Å²) in [6, 6.07) is 17.1. The smallest absolute Gasteiger partial charge is 0.291 e. The molecule has 1 unspecified atom stereocenters. The number of ether oxygens (including phenoxy) is 1. The molecule has 0 bridgehead atoms. The number of carbonyl (C=O) groups excluding carboxylic acids is 1. The number of halogens is 2. The minimum absolute atomic E-state index is 0.00718. The van der Waals surface area contributed by atoms with Crippen LogP contribution in [0.1, 0.15) is 33.3 Å². The average molecular weight is 450 g/mol. The van der Waals surface area contributed by atoms with Crippen molar-refractivity contribution in [3.05, 3.63) is 110 Å². The molecule has 160 valence electrons. The Kier molecular flexibility index (Phi) is 4.94. The average Bonchev–Trinajstić information content (AvgIpc) is 3.08. The molecule has 0 N–H and O–H groups in total. The van der Waals surface area contributed by atoms with Gasteiger partial charge in [0.05, 0.1) is 24.1 Å². The Bertz CT molecular complexity index is 1400. The van der Waals surface area contributed by atoms with Crippen LogP contribution in [0.15, 0.2) is 75.9 Å². The van der Waals surface area contributed by atoms with Crippen molar-refractivity contribution in [3.63, 3.8) is 0 Å². The molecule has 0 fully saturated rings. The van der Waals surface area contributed by atoms with Gasteiger partial charge in [-0.25, -0.2) is 4.39 Å². The molecule has 3 aromatic carbocycles. The second-order valence-electron chi connectivity index (χ2n) is 7.55. The molecule has 0 spiro atoms. The normalized spacial score (nSPS) is 15.3. The van der Waals surface area contributed by atoms with Crippen molar-refractivity contribution in [2.45, 2.75) is 12.6 Å². The van der Waals surface area contributed by atoms with Crippen molar-refractivity contribution in [1.82, 2.24) is 4.90 Å². The Morgan fingerprint density at radius 1 is 1.03 bits per heavy atom. The van der Waals surface area contributed by atoms with Gasteiger partial charge < -0.3 is 14.1 Å². The summed E-state index contributed by atoms with van der Waals surface area (Å²) in [5.74, 6) is -0.107. The van der Waals surface area contributed by atoms with E-state index in [1.807, 2.05) is 12.1 Å². The van der Waals surface area contributed by atoms with Gasteiger partial charge in [0.25, 0.3) is 5.91 Å². The van der Waals surface area contributed by atoms with Gasteiger partial charge in [-0.2, -0.15) is 0 Å². The van der Waals surface area contributed by atoms with Gasteiger partial charge in [0.2, 0.25) is 5.76 Å². The van der Waals surface area contributed by atoms with E-state index in [0.29, 0.717) is 21.7 Å². The van der Waals surface area contributed by atoms with Crippen LogP contribution in [-0.4, -0.2) is 17.9 Å². The second kappa shape index (κ2) is 7.80. The highest BCUT2D eigenvalue weighted by atomic mass is 35.5. The molecule has 0 aliphatic carbocycles. The topological polar surface area (TPSA) is 59.8 Å². The molecule has 4 aromatic rings. The quantitative estimate of drug-likeness (QED) is 0.422. The summed E-state index contributed by atoms with van der Waals surface area (Å²) in [6.45, 7) is 0.177. The van der Waals surface area contributed by atoms with Crippen molar-refractivity contribution in [1.29, 1.82) is 0 Å². The van der Waals surface area contributed by atoms with Crippen LogP contribution in [0.4, 0.5) is 4.39 Å². The lowest BCUT2D eigenvalue weighted by molar-refractivity contribution is 0.0714. The number of fused-ring (bicyclic) bond motifs is 2. The summed E-state index contributed by atoms with van der Waals surface area (Å²) < 4.78 is 24.5. The number of methoxy groups -OCH3 is 1. The maximum atomic E-state index is 13.5. The summed E-state index contributed by atoms with van der Waals surface area (Å²) in [5.41, 5.74) is 1.71. The fourth-order valence-electron chi connectivity index (χ4n) is 4.07. The van der Waals surface area contributed by atoms with E-state index in [-0.39, 0.29) is 29.1 Å². The van der Waals surface area contributed by atoms with Gasteiger partial charge in [0.1, 0.15) is 17.1 Å². The van der Waals surface area contributed by atoms with E-state index in [2.05, 4.69) is 0 Å². The maximum Gasteiger partial charge on any atom is 0.291 e. The fraction of sp³-hybridized carbons (Fsp3) is 0.120. The molecule has 32 heavy (non-hydrogen) atoms. The Balaban J connectivity index is 1.70. The zero-order valence-electron chi connectivity index (χ0n) is 17.0. The Morgan fingerprint density at radius 3 is 2.44 bits per heavy atom. The minimum Gasteiger partial charge on any atom is -0.497 e. The number of carbonyl (C=O) groups is 1. The molecule has 1 atom stereocenters. The van der Waals surface area contributed by atoms with Crippen LogP contribution in [0, 0.1) is 5.82 Å². The van der Waals surface area contributed by atoms with Crippen LogP contribution in [0.5, 0.6) is 5.75 Å².